The molecule has 0 spiro atoms. The Labute approximate surface area is 201 Å². The summed E-state index contributed by atoms with van der Waals surface area (Å²) in [5.74, 6) is 2.14. The highest BCUT2D eigenvalue weighted by Gasteiger charge is 2.28. The molecule has 5 nitrogen and oxygen atoms in total. The number of aldehydes is 1. The Morgan fingerprint density at radius 1 is 1.18 bits per heavy atom. The Bertz CT molecular complexity index is 738. The van der Waals surface area contributed by atoms with Crippen molar-refractivity contribution in [3.8, 4) is 5.75 Å². The normalized spacial score (nSPS) is 21.4. The van der Waals surface area contributed by atoms with Crippen LogP contribution in [0.1, 0.15) is 65.7 Å². The minimum Gasteiger partial charge on any atom is -0.493 e. The van der Waals surface area contributed by atoms with Crippen LogP contribution in [0.3, 0.4) is 0 Å². The lowest BCUT2D eigenvalue weighted by Gasteiger charge is -2.31. The van der Waals surface area contributed by atoms with E-state index >= 15 is 0 Å². The fourth-order valence-corrected chi connectivity index (χ4v) is 5.32. The zero-order chi connectivity index (χ0) is 23.6. The first-order valence-corrected chi connectivity index (χ1v) is 13.0. The van der Waals surface area contributed by atoms with Gasteiger partial charge < -0.3 is 25.1 Å². The van der Waals surface area contributed by atoms with Crippen LogP contribution in [-0.4, -0.2) is 56.1 Å². The number of hydrogen-bond donors (Lipinski definition) is 1. The highest BCUT2D eigenvalue weighted by Crippen LogP contribution is 2.28. The first-order valence-electron chi connectivity index (χ1n) is 13.0. The lowest BCUT2D eigenvalue weighted by atomic mass is 9.90. The van der Waals surface area contributed by atoms with Crippen molar-refractivity contribution >= 4 is 12.0 Å². The number of benzene rings is 1. The van der Waals surface area contributed by atoms with Crippen LogP contribution in [0.2, 0.25) is 0 Å². The van der Waals surface area contributed by atoms with E-state index in [2.05, 4.69) is 60.9 Å². The second kappa shape index (κ2) is 13.1. The number of allylic oxidation sites excluding steroid dienone is 1. The van der Waals surface area contributed by atoms with Gasteiger partial charge >= 0.3 is 0 Å². The van der Waals surface area contributed by atoms with E-state index in [-0.39, 0.29) is 6.04 Å². The molecule has 2 fully saturated rings. The fourth-order valence-electron chi connectivity index (χ4n) is 5.32. The number of likely N-dealkylation sites (tertiary alicyclic amines) is 1. The van der Waals surface area contributed by atoms with Gasteiger partial charge in [-0.1, -0.05) is 37.8 Å². The summed E-state index contributed by atoms with van der Waals surface area (Å²) in [7, 11) is 0. The molecule has 2 aliphatic rings. The Morgan fingerprint density at radius 3 is 2.58 bits per heavy atom. The quantitative estimate of drug-likeness (QED) is 0.353. The average molecular weight is 456 g/mol. The summed E-state index contributed by atoms with van der Waals surface area (Å²) < 4.78 is 6.13. The van der Waals surface area contributed by atoms with Crippen molar-refractivity contribution in [2.75, 3.05) is 37.7 Å². The van der Waals surface area contributed by atoms with Crippen molar-refractivity contribution < 1.29 is 9.53 Å². The molecule has 1 saturated carbocycles. The summed E-state index contributed by atoms with van der Waals surface area (Å²) in [6, 6.07) is 8.88. The molecule has 5 heteroatoms. The predicted molar refractivity (Wildman–Crippen MR) is 138 cm³/mol. The molecule has 33 heavy (non-hydrogen) atoms. The molecular formula is C28H45N3O2. The van der Waals surface area contributed by atoms with Gasteiger partial charge in [0.1, 0.15) is 12.0 Å². The van der Waals surface area contributed by atoms with Crippen LogP contribution in [0.5, 0.6) is 5.75 Å². The van der Waals surface area contributed by atoms with Gasteiger partial charge in [-0.25, -0.2) is 0 Å². The number of rotatable bonds is 12. The molecule has 1 heterocycles. The summed E-state index contributed by atoms with van der Waals surface area (Å²) in [5.41, 5.74) is 8.44. The molecule has 3 unspecified atom stereocenters. The van der Waals surface area contributed by atoms with Crippen LogP contribution in [0.15, 0.2) is 35.9 Å². The van der Waals surface area contributed by atoms with Crippen molar-refractivity contribution in [2.45, 2.75) is 77.8 Å². The molecule has 1 aliphatic heterocycles. The van der Waals surface area contributed by atoms with Gasteiger partial charge in [0.05, 0.1) is 12.6 Å². The molecule has 3 atom stereocenters. The van der Waals surface area contributed by atoms with Crippen molar-refractivity contribution in [3.05, 3.63) is 35.9 Å². The van der Waals surface area contributed by atoms with E-state index in [1.165, 1.54) is 43.4 Å². The molecular weight excluding hydrogens is 410 g/mol. The van der Waals surface area contributed by atoms with E-state index in [1.807, 2.05) is 0 Å². The maximum atomic E-state index is 10.9. The van der Waals surface area contributed by atoms with Gasteiger partial charge in [0.15, 0.2) is 0 Å². The zero-order valence-electron chi connectivity index (χ0n) is 21.0. The SMILES string of the molecule is CC(C)=CCN(c1ccc(OCC2CCCCC2)cc1)C1CCN(CC(C)CC(N)C=O)C1. The van der Waals surface area contributed by atoms with Crippen LogP contribution < -0.4 is 15.4 Å². The van der Waals surface area contributed by atoms with Crippen LogP contribution in [0.25, 0.3) is 0 Å². The summed E-state index contributed by atoms with van der Waals surface area (Å²) in [5, 5.41) is 0. The van der Waals surface area contributed by atoms with Crippen molar-refractivity contribution in [2.24, 2.45) is 17.6 Å². The smallest absolute Gasteiger partial charge is 0.136 e. The largest absolute Gasteiger partial charge is 0.493 e. The average Bonchev–Trinajstić information content (AvgIpc) is 3.26. The third kappa shape index (κ3) is 8.46. The molecule has 1 aromatic rings. The fraction of sp³-hybridized carbons (Fsp3) is 0.679. The minimum atomic E-state index is -0.341. The summed E-state index contributed by atoms with van der Waals surface area (Å²) >= 11 is 0. The van der Waals surface area contributed by atoms with Gasteiger partial charge in [0.2, 0.25) is 0 Å². The number of nitrogens with zero attached hydrogens (tertiary/aromatic N) is 2. The van der Waals surface area contributed by atoms with E-state index < -0.39 is 0 Å². The first kappa shape index (κ1) is 25.8. The maximum absolute atomic E-state index is 10.9. The molecule has 1 aromatic carbocycles. The van der Waals surface area contributed by atoms with Crippen LogP contribution in [0, 0.1) is 11.8 Å². The van der Waals surface area contributed by atoms with Gasteiger partial charge in [0.25, 0.3) is 0 Å². The highest BCUT2D eigenvalue weighted by molar-refractivity contribution is 5.56. The standard InChI is InChI=1S/C28H45N3O2/c1-22(2)13-16-31(27-14-15-30(19-27)18-23(3)17-25(29)20-32)26-9-11-28(12-10-26)33-21-24-7-5-4-6-8-24/h9-13,20,23-25,27H,4-8,14-19,21,29H2,1-3H3. The van der Waals surface area contributed by atoms with Gasteiger partial charge in [0, 0.05) is 37.9 Å². The number of carbonyl (C=O) groups is 1. The van der Waals surface area contributed by atoms with E-state index in [0.29, 0.717) is 12.0 Å². The van der Waals surface area contributed by atoms with Gasteiger partial charge in [-0.2, -0.15) is 0 Å². The second-order valence-corrected chi connectivity index (χ2v) is 10.6. The molecule has 184 valence electrons. The first-order chi connectivity index (χ1) is 15.9. The third-order valence-corrected chi connectivity index (χ3v) is 7.18. The number of carbonyl (C=O) groups excluding carboxylic acids is 1. The molecule has 0 aromatic heterocycles. The van der Waals surface area contributed by atoms with Crippen molar-refractivity contribution in [1.29, 1.82) is 0 Å². The minimum absolute atomic E-state index is 0.341. The molecule has 0 radical (unpaired) electrons. The number of anilines is 1. The lowest BCUT2D eigenvalue weighted by molar-refractivity contribution is -0.109. The van der Waals surface area contributed by atoms with Crippen LogP contribution in [0.4, 0.5) is 5.69 Å². The molecule has 0 amide bonds. The number of nitrogens with two attached hydrogens (primary N) is 1. The summed E-state index contributed by atoms with van der Waals surface area (Å²) in [6.45, 7) is 11.5. The van der Waals surface area contributed by atoms with E-state index in [4.69, 9.17) is 10.5 Å². The van der Waals surface area contributed by atoms with E-state index in [9.17, 15) is 4.79 Å². The van der Waals surface area contributed by atoms with Gasteiger partial charge in [-0.3, -0.25) is 0 Å². The topological polar surface area (TPSA) is 58.8 Å². The van der Waals surface area contributed by atoms with E-state index in [1.54, 1.807) is 0 Å². The molecule has 3 rings (SSSR count). The third-order valence-electron chi connectivity index (χ3n) is 7.18. The monoisotopic (exact) mass is 455 g/mol. The predicted octanol–water partition coefficient (Wildman–Crippen LogP) is 5.05. The molecule has 1 aliphatic carbocycles. The lowest BCUT2D eigenvalue weighted by Crippen LogP contribution is -2.39. The maximum Gasteiger partial charge on any atom is 0.136 e. The van der Waals surface area contributed by atoms with Gasteiger partial charge in [-0.05, 0) is 75.6 Å². The zero-order valence-corrected chi connectivity index (χ0v) is 21.0. The van der Waals surface area contributed by atoms with Crippen molar-refractivity contribution in [1.82, 2.24) is 4.90 Å². The van der Waals surface area contributed by atoms with Crippen LogP contribution in [-0.2, 0) is 4.79 Å². The number of ether oxygens (including phenoxy) is 1. The Balaban J connectivity index is 1.58. The molecule has 1 saturated heterocycles. The molecule has 2 N–H and O–H groups in total. The summed E-state index contributed by atoms with van der Waals surface area (Å²) in [6.07, 6.45) is 11.8. The Kier molecular flexibility index (Phi) is 10.3. The second-order valence-electron chi connectivity index (χ2n) is 10.6. The number of hydrogen-bond acceptors (Lipinski definition) is 5. The molecule has 0 bridgehead atoms. The van der Waals surface area contributed by atoms with Crippen LogP contribution >= 0.6 is 0 Å². The Morgan fingerprint density at radius 2 is 1.91 bits per heavy atom. The highest BCUT2D eigenvalue weighted by atomic mass is 16.5. The van der Waals surface area contributed by atoms with Gasteiger partial charge in [-0.15, -0.1) is 0 Å². The Hall–Kier alpha value is -1.85. The van der Waals surface area contributed by atoms with Crippen molar-refractivity contribution in [3.63, 3.8) is 0 Å². The summed E-state index contributed by atoms with van der Waals surface area (Å²) in [4.78, 5) is 16.0. The van der Waals surface area contributed by atoms with E-state index in [0.717, 1.165) is 63.6 Å².